The molecule has 16 heavy (non-hydrogen) atoms. The highest BCUT2D eigenvalue weighted by atomic mass is 35.5. The molecule has 0 spiro atoms. The van der Waals surface area contributed by atoms with Crippen molar-refractivity contribution in [3.63, 3.8) is 0 Å². The summed E-state index contributed by atoms with van der Waals surface area (Å²) in [5.74, 6) is -0.0581. The minimum absolute atomic E-state index is 0.0581. The van der Waals surface area contributed by atoms with E-state index < -0.39 is 0 Å². The predicted octanol–water partition coefficient (Wildman–Crippen LogP) is 2.30. The number of benzene rings is 1. The largest absolute Gasteiger partial charge is 0.291 e. The van der Waals surface area contributed by atoms with Crippen molar-refractivity contribution in [3.05, 3.63) is 34.9 Å². The van der Waals surface area contributed by atoms with Crippen molar-refractivity contribution in [2.24, 2.45) is 0 Å². The molecule has 88 valence electrons. The van der Waals surface area contributed by atoms with Crippen LogP contribution in [0.3, 0.4) is 0 Å². The van der Waals surface area contributed by atoms with Gasteiger partial charge in [-0.25, -0.2) is 5.43 Å². The first kappa shape index (κ1) is 13.0. The van der Waals surface area contributed by atoms with E-state index in [0.29, 0.717) is 11.4 Å². The standard InChI is InChI=1S/C12H17ClN2O/c1-12(2,3)15-14-11(16)8-9-4-6-10(13)7-5-9/h4-7,15H,8H2,1-3H3,(H,14,16). The molecule has 0 saturated carbocycles. The van der Waals surface area contributed by atoms with Crippen LogP contribution in [0, 0.1) is 0 Å². The molecule has 1 aromatic carbocycles. The lowest BCUT2D eigenvalue weighted by molar-refractivity contribution is -0.121. The smallest absolute Gasteiger partial charge is 0.238 e. The minimum Gasteiger partial charge on any atom is -0.291 e. The molecule has 0 unspecified atom stereocenters. The lowest BCUT2D eigenvalue weighted by Crippen LogP contribution is -2.49. The summed E-state index contributed by atoms with van der Waals surface area (Å²) >= 11 is 5.76. The van der Waals surface area contributed by atoms with Crippen molar-refractivity contribution < 1.29 is 4.79 Å². The van der Waals surface area contributed by atoms with Crippen molar-refractivity contribution in [2.45, 2.75) is 32.7 Å². The first-order valence-electron chi connectivity index (χ1n) is 5.17. The highest BCUT2D eigenvalue weighted by Crippen LogP contribution is 2.09. The number of carbonyl (C=O) groups is 1. The third-order valence-electron chi connectivity index (χ3n) is 1.85. The summed E-state index contributed by atoms with van der Waals surface area (Å²) < 4.78 is 0. The lowest BCUT2D eigenvalue weighted by Gasteiger charge is -2.20. The van der Waals surface area contributed by atoms with Crippen molar-refractivity contribution in [1.29, 1.82) is 0 Å². The molecular weight excluding hydrogens is 224 g/mol. The van der Waals surface area contributed by atoms with Gasteiger partial charge in [-0.3, -0.25) is 10.2 Å². The van der Waals surface area contributed by atoms with Gasteiger partial charge in [0.15, 0.2) is 0 Å². The third-order valence-corrected chi connectivity index (χ3v) is 2.11. The zero-order valence-corrected chi connectivity index (χ0v) is 10.6. The fourth-order valence-electron chi connectivity index (χ4n) is 1.09. The zero-order chi connectivity index (χ0) is 12.2. The second kappa shape index (κ2) is 5.32. The van der Waals surface area contributed by atoms with Crippen LogP contribution in [0.15, 0.2) is 24.3 Å². The Labute approximate surface area is 101 Å². The van der Waals surface area contributed by atoms with Gasteiger partial charge in [-0.05, 0) is 38.5 Å². The van der Waals surface area contributed by atoms with Gasteiger partial charge in [-0.2, -0.15) is 0 Å². The molecule has 0 heterocycles. The van der Waals surface area contributed by atoms with E-state index in [-0.39, 0.29) is 11.4 Å². The molecule has 0 aromatic heterocycles. The number of hydrazine groups is 1. The van der Waals surface area contributed by atoms with Crippen LogP contribution in [-0.2, 0) is 11.2 Å². The number of halogens is 1. The monoisotopic (exact) mass is 240 g/mol. The molecule has 0 bridgehead atoms. The van der Waals surface area contributed by atoms with Crippen molar-refractivity contribution >= 4 is 17.5 Å². The topological polar surface area (TPSA) is 41.1 Å². The highest BCUT2D eigenvalue weighted by molar-refractivity contribution is 6.30. The molecule has 0 atom stereocenters. The van der Waals surface area contributed by atoms with Crippen LogP contribution in [0.1, 0.15) is 26.3 Å². The summed E-state index contributed by atoms with van der Waals surface area (Å²) in [4.78, 5) is 11.5. The number of rotatable bonds is 3. The molecule has 2 N–H and O–H groups in total. The first-order valence-corrected chi connectivity index (χ1v) is 5.55. The molecule has 0 radical (unpaired) electrons. The molecule has 1 rings (SSSR count). The third kappa shape index (κ3) is 5.14. The number of hydrogen-bond donors (Lipinski definition) is 2. The molecule has 1 amide bonds. The van der Waals surface area contributed by atoms with E-state index in [1.165, 1.54) is 0 Å². The van der Waals surface area contributed by atoms with Gasteiger partial charge < -0.3 is 0 Å². The quantitative estimate of drug-likeness (QED) is 0.796. The minimum atomic E-state index is -0.129. The lowest BCUT2D eigenvalue weighted by atomic mass is 10.1. The molecule has 0 saturated heterocycles. The Kier molecular flexibility index (Phi) is 4.33. The highest BCUT2D eigenvalue weighted by Gasteiger charge is 2.10. The molecule has 4 heteroatoms. The van der Waals surface area contributed by atoms with Crippen LogP contribution < -0.4 is 10.9 Å². The van der Waals surface area contributed by atoms with E-state index in [9.17, 15) is 4.79 Å². The fourth-order valence-corrected chi connectivity index (χ4v) is 1.22. The van der Waals surface area contributed by atoms with Crippen molar-refractivity contribution in [2.75, 3.05) is 0 Å². The SMILES string of the molecule is CC(C)(C)NNC(=O)Cc1ccc(Cl)cc1. The van der Waals surface area contributed by atoms with Crippen LogP contribution >= 0.6 is 11.6 Å². The molecule has 3 nitrogen and oxygen atoms in total. The summed E-state index contributed by atoms with van der Waals surface area (Å²) in [5.41, 5.74) is 6.40. The normalized spacial score (nSPS) is 11.2. The summed E-state index contributed by atoms with van der Waals surface area (Å²) in [7, 11) is 0. The van der Waals surface area contributed by atoms with E-state index in [1.807, 2.05) is 32.9 Å². The first-order chi connectivity index (χ1) is 7.37. The van der Waals surface area contributed by atoms with Crippen molar-refractivity contribution in [1.82, 2.24) is 10.9 Å². The van der Waals surface area contributed by atoms with Crippen molar-refractivity contribution in [3.8, 4) is 0 Å². The maximum absolute atomic E-state index is 11.5. The molecular formula is C12H17ClN2O. The van der Waals surface area contributed by atoms with Crippen LogP contribution in [0.5, 0.6) is 0 Å². The molecule has 0 fully saturated rings. The van der Waals surface area contributed by atoms with Gasteiger partial charge in [0.2, 0.25) is 5.91 Å². The van der Waals surface area contributed by atoms with E-state index in [1.54, 1.807) is 12.1 Å². The van der Waals surface area contributed by atoms with E-state index >= 15 is 0 Å². The second-order valence-corrected chi connectivity index (χ2v) is 5.16. The summed E-state index contributed by atoms with van der Waals surface area (Å²) in [6.07, 6.45) is 0.347. The maximum Gasteiger partial charge on any atom is 0.238 e. The Morgan fingerprint density at radius 2 is 1.81 bits per heavy atom. The fraction of sp³-hybridized carbons (Fsp3) is 0.417. The molecule has 0 aliphatic carbocycles. The van der Waals surface area contributed by atoms with E-state index in [4.69, 9.17) is 11.6 Å². The van der Waals surface area contributed by atoms with E-state index in [0.717, 1.165) is 5.56 Å². The Balaban J connectivity index is 2.43. The predicted molar refractivity (Wildman–Crippen MR) is 66.2 cm³/mol. The van der Waals surface area contributed by atoms with Gasteiger partial charge in [0.05, 0.1) is 6.42 Å². The van der Waals surface area contributed by atoms with Gasteiger partial charge in [0, 0.05) is 10.6 Å². The second-order valence-electron chi connectivity index (χ2n) is 4.73. The molecule has 0 aliphatic heterocycles. The number of hydrogen-bond acceptors (Lipinski definition) is 2. The number of amides is 1. The average molecular weight is 241 g/mol. The van der Waals surface area contributed by atoms with Gasteiger partial charge in [0.25, 0.3) is 0 Å². The summed E-state index contributed by atoms with van der Waals surface area (Å²) in [5, 5.41) is 0.678. The van der Waals surface area contributed by atoms with Crippen LogP contribution in [-0.4, -0.2) is 11.4 Å². The Morgan fingerprint density at radius 3 is 2.31 bits per heavy atom. The van der Waals surface area contributed by atoms with E-state index in [2.05, 4.69) is 10.9 Å². The maximum atomic E-state index is 11.5. The average Bonchev–Trinajstić information content (AvgIpc) is 2.18. The Bertz CT molecular complexity index is 354. The van der Waals surface area contributed by atoms with Crippen LogP contribution in [0.25, 0.3) is 0 Å². The number of carbonyl (C=O) groups excluding carboxylic acids is 1. The van der Waals surface area contributed by atoms with Crippen LogP contribution in [0.2, 0.25) is 5.02 Å². The summed E-state index contributed by atoms with van der Waals surface area (Å²) in [6.45, 7) is 5.95. The van der Waals surface area contributed by atoms with Gasteiger partial charge in [-0.15, -0.1) is 0 Å². The van der Waals surface area contributed by atoms with Gasteiger partial charge in [-0.1, -0.05) is 23.7 Å². The van der Waals surface area contributed by atoms with Gasteiger partial charge >= 0.3 is 0 Å². The molecule has 0 aliphatic rings. The number of nitrogens with one attached hydrogen (secondary N) is 2. The summed E-state index contributed by atoms with van der Waals surface area (Å²) in [6, 6.07) is 7.25. The van der Waals surface area contributed by atoms with Gasteiger partial charge in [0.1, 0.15) is 0 Å². The zero-order valence-electron chi connectivity index (χ0n) is 9.80. The Morgan fingerprint density at radius 1 is 1.25 bits per heavy atom. The van der Waals surface area contributed by atoms with Crippen LogP contribution in [0.4, 0.5) is 0 Å². The Hall–Kier alpha value is -1.06. The molecule has 1 aromatic rings.